The van der Waals surface area contributed by atoms with Gasteiger partial charge in [0.1, 0.15) is 6.54 Å². The molecule has 10 heteroatoms. The third-order valence-electron chi connectivity index (χ3n) is 2.50. The summed E-state index contributed by atoms with van der Waals surface area (Å²) in [6, 6.07) is 6.39. The van der Waals surface area contributed by atoms with Crippen molar-refractivity contribution >= 4 is 41.8 Å². The monoisotopic (exact) mass is 344 g/mol. The number of hydrogen-bond donors (Lipinski definition) is 5. The van der Waals surface area contributed by atoms with Crippen molar-refractivity contribution in [2.24, 2.45) is 0 Å². The lowest BCUT2D eigenvalue weighted by molar-refractivity contribution is -0.137. The van der Waals surface area contributed by atoms with Crippen molar-refractivity contribution < 1.29 is 24.3 Å². The molecule has 1 rings (SSSR count). The second kappa shape index (κ2) is 10.0. The van der Waals surface area contributed by atoms with Crippen LogP contribution < -0.4 is 21.7 Å². The lowest BCUT2D eigenvalue weighted by atomic mass is 10.1. The predicted molar refractivity (Wildman–Crippen MR) is 84.1 cm³/mol. The zero-order valence-corrected chi connectivity index (χ0v) is 12.8. The molecule has 3 amide bonds. The zero-order valence-electron chi connectivity index (χ0n) is 12.0. The molecule has 0 radical (unpaired) electrons. The largest absolute Gasteiger partial charge is 0.480 e. The van der Waals surface area contributed by atoms with Crippen LogP contribution in [0.3, 0.4) is 0 Å². The van der Waals surface area contributed by atoms with Gasteiger partial charge in [0.25, 0.3) is 5.91 Å². The van der Waals surface area contributed by atoms with E-state index < -0.39 is 30.2 Å². The van der Waals surface area contributed by atoms with Gasteiger partial charge in [-0.3, -0.25) is 19.2 Å². The quantitative estimate of drug-likeness (QED) is 0.389. The van der Waals surface area contributed by atoms with Gasteiger partial charge in [-0.15, -0.1) is 12.4 Å². The fourth-order valence-electron chi connectivity index (χ4n) is 1.44. The van der Waals surface area contributed by atoms with E-state index in [2.05, 4.69) is 16.0 Å². The highest BCUT2D eigenvalue weighted by molar-refractivity contribution is 6.00. The topological polar surface area (TPSA) is 151 Å². The van der Waals surface area contributed by atoms with Gasteiger partial charge in [0, 0.05) is 5.69 Å². The van der Waals surface area contributed by atoms with Crippen molar-refractivity contribution in [1.29, 1.82) is 0 Å². The fourth-order valence-corrected chi connectivity index (χ4v) is 1.44. The maximum Gasteiger partial charge on any atom is 0.322 e. The lowest BCUT2D eigenvalue weighted by Gasteiger charge is -2.08. The van der Waals surface area contributed by atoms with Crippen molar-refractivity contribution in [2.75, 3.05) is 25.4 Å². The number of carboxylic acid groups (broad SMARTS) is 1. The van der Waals surface area contributed by atoms with Gasteiger partial charge in [-0.1, -0.05) is 12.1 Å². The predicted octanol–water partition coefficient (Wildman–Crippen LogP) is -1.26. The van der Waals surface area contributed by atoms with Gasteiger partial charge in [-0.25, -0.2) is 0 Å². The molecular weight excluding hydrogens is 328 g/mol. The van der Waals surface area contributed by atoms with E-state index in [1.54, 1.807) is 18.2 Å². The number of aliphatic carboxylic acids is 1. The number of nitrogens with one attached hydrogen (secondary N) is 3. The summed E-state index contributed by atoms with van der Waals surface area (Å²) in [5.74, 6) is -2.93. The number of amides is 3. The summed E-state index contributed by atoms with van der Waals surface area (Å²) >= 11 is 0. The van der Waals surface area contributed by atoms with Gasteiger partial charge < -0.3 is 26.8 Å². The Balaban J connectivity index is 0.00000484. The number of carbonyl (C=O) groups excluding carboxylic acids is 3. The number of hydrogen-bond acceptors (Lipinski definition) is 5. The first-order valence-corrected chi connectivity index (χ1v) is 6.28. The highest BCUT2D eigenvalue weighted by Gasteiger charge is 2.11. The Morgan fingerprint density at radius 1 is 0.913 bits per heavy atom. The standard InChI is InChI=1S/C13H16N4O5.ClH/c14-9-4-2-1-3-8(9)13(22)17-6-11(19)15-5-10(18)16-7-12(20)21;/h1-4H,5-7,14H2,(H,15,19)(H,16,18)(H,17,22)(H,20,21);1H. The number of benzene rings is 1. The van der Waals surface area contributed by atoms with Crippen molar-refractivity contribution in [3.05, 3.63) is 29.8 Å². The lowest BCUT2D eigenvalue weighted by Crippen LogP contribution is -2.43. The van der Waals surface area contributed by atoms with Crippen LogP contribution in [0.25, 0.3) is 0 Å². The first kappa shape index (κ1) is 20.2. The van der Waals surface area contributed by atoms with Gasteiger partial charge in [-0.2, -0.15) is 0 Å². The Morgan fingerprint density at radius 2 is 1.43 bits per heavy atom. The van der Waals surface area contributed by atoms with Gasteiger partial charge in [0.15, 0.2) is 0 Å². The van der Waals surface area contributed by atoms with Crippen molar-refractivity contribution in [1.82, 2.24) is 16.0 Å². The molecule has 9 nitrogen and oxygen atoms in total. The summed E-state index contributed by atoms with van der Waals surface area (Å²) < 4.78 is 0. The minimum atomic E-state index is -1.19. The van der Waals surface area contributed by atoms with E-state index in [1.165, 1.54) is 6.07 Å². The van der Waals surface area contributed by atoms with Crippen molar-refractivity contribution in [3.8, 4) is 0 Å². The van der Waals surface area contributed by atoms with Crippen molar-refractivity contribution in [3.63, 3.8) is 0 Å². The maximum atomic E-state index is 11.8. The molecule has 0 bridgehead atoms. The summed E-state index contributed by atoms with van der Waals surface area (Å²) in [5.41, 5.74) is 6.15. The van der Waals surface area contributed by atoms with Gasteiger partial charge >= 0.3 is 5.97 Å². The molecule has 23 heavy (non-hydrogen) atoms. The smallest absolute Gasteiger partial charge is 0.322 e. The third-order valence-corrected chi connectivity index (χ3v) is 2.50. The van der Waals surface area contributed by atoms with Gasteiger partial charge in [0.05, 0.1) is 18.7 Å². The molecule has 0 aliphatic rings. The Bertz CT molecular complexity index is 593. The van der Waals surface area contributed by atoms with Crippen LogP contribution in [0, 0.1) is 0 Å². The molecule has 1 aromatic rings. The molecular formula is C13H17ClN4O5. The molecule has 0 aliphatic carbocycles. The molecule has 0 atom stereocenters. The molecule has 0 spiro atoms. The second-order valence-corrected chi connectivity index (χ2v) is 4.22. The molecule has 0 aliphatic heterocycles. The van der Waals surface area contributed by atoms with E-state index in [1.807, 2.05) is 0 Å². The molecule has 0 aromatic heterocycles. The summed E-state index contributed by atoms with van der Waals surface area (Å²) in [7, 11) is 0. The van der Waals surface area contributed by atoms with Crippen LogP contribution in [0.5, 0.6) is 0 Å². The average Bonchev–Trinajstić information content (AvgIpc) is 2.48. The highest BCUT2D eigenvalue weighted by atomic mass is 35.5. The number of nitrogens with two attached hydrogens (primary N) is 1. The van der Waals surface area contributed by atoms with E-state index in [-0.39, 0.29) is 36.7 Å². The molecule has 6 N–H and O–H groups in total. The number of carboxylic acids is 1. The third kappa shape index (κ3) is 7.67. The van der Waals surface area contributed by atoms with Crippen LogP contribution in [0.1, 0.15) is 10.4 Å². The number of nitrogen functional groups attached to an aromatic ring is 1. The Labute approximate surface area is 138 Å². The minimum absolute atomic E-state index is 0. The molecule has 1 aromatic carbocycles. The first-order valence-electron chi connectivity index (χ1n) is 6.28. The van der Waals surface area contributed by atoms with Crippen LogP contribution in [0.15, 0.2) is 24.3 Å². The number of carbonyl (C=O) groups is 4. The molecule has 0 unspecified atom stereocenters. The van der Waals surface area contributed by atoms with Crippen LogP contribution >= 0.6 is 12.4 Å². The minimum Gasteiger partial charge on any atom is -0.480 e. The Hall–Kier alpha value is -2.81. The van der Waals surface area contributed by atoms with Gasteiger partial charge in [-0.05, 0) is 12.1 Å². The van der Waals surface area contributed by atoms with E-state index in [0.29, 0.717) is 0 Å². The van der Waals surface area contributed by atoms with E-state index in [0.717, 1.165) is 0 Å². The average molecular weight is 345 g/mol. The molecule has 0 fully saturated rings. The SMILES string of the molecule is Cl.Nc1ccccc1C(=O)NCC(=O)NCC(=O)NCC(=O)O. The van der Waals surface area contributed by atoms with Gasteiger partial charge in [0.2, 0.25) is 11.8 Å². The number of rotatable bonds is 7. The summed E-state index contributed by atoms with van der Waals surface area (Å²) in [6.07, 6.45) is 0. The normalized spacial score (nSPS) is 9.22. The first-order chi connectivity index (χ1) is 10.4. The highest BCUT2D eigenvalue weighted by Crippen LogP contribution is 2.09. The van der Waals surface area contributed by atoms with E-state index in [9.17, 15) is 19.2 Å². The van der Waals surface area contributed by atoms with Crippen LogP contribution in [0.2, 0.25) is 0 Å². The summed E-state index contributed by atoms with van der Waals surface area (Å²) in [5, 5.41) is 15.0. The van der Waals surface area contributed by atoms with Crippen molar-refractivity contribution in [2.45, 2.75) is 0 Å². The van der Waals surface area contributed by atoms with E-state index in [4.69, 9.17) is 10.8 Å². The number of para-hydroxylation sites is 1. The Kier molecular flexibility index (Phi) is 8.78. The molecule has 0 saturated heterocycles. The molecule has 126 valence electrons. The van der Waals surface area contributed by atoms with Crippen LogP contribution in [0.4, 0.5) is 5.69 Å². The number of anilines is 1. The fraction of sp³-hybridized carbons (Fsp3) is 0.231. The van der Waals surface area contributed by atoms with Crippen LogP contribution in [-0.2, 0) is 14.4 Å². The Morgan fingerprint density at radius 3 is 2.00 bits per heavy atom. The zero-order chi connectivity index (χ0) is 16.5. The summed E-state index contributed by atoms with van der Waals surface area (Å²) in [4.78, 5) is 44.6. The molecule has 0 heterocycles. The summed E-state index contributed by atoms with van der Waals surface area (Å²) in [6.45, 7) is -1.24. The molecule has 0 saturated carbocycles. The second-order valence-electron chi connectivity index (χ2n) is 4.22. The maximum absolute atomic E-state index is 11.8. The number of halogens is 1. The van der Waals surface area contributed by atoms with Crippen LogP contribution in [-0.4, -0.2) is 48.4 Å². The van der Waals surface area contributed by atoms with E-state index >= 15 is 0 Å².